The Morgan fingerprint density at radius 1 is 0.931 bits per heavy atom. The predicted molar refractivity (Wildman–Crippen MR) is 95.2 cm³/mol. The molecular weight excluding hydrogens is 399 g/mol. The van der Waals surface area contributed by atoms with Crippen LogP contribution < -0.4 is 16.2 Å². The second-order valence-electron chi connectivity index (χ2n) is 5.64. The Hall–Kier alpha value is -3.74. The number of rotatable bonds is 8. The number of nitrogens with one attached hydrogen (secondary N) is 3. The number of halogens is 3. The van der Waals surface area contributed by atoms with E-state index in [0.29, 0.717) is 17.8 Å². The highest BCUT2D eigenvalue weighted by Crippen LogP contribution is 2.32. The molecule has 0 fully saturated rings. The summed E-state index contributed by atoms with van der Waals surface area (Å²) in [4.78, 5) is 31.8. The quantitative estimate of drug-likeness (QED) is 0.343. The highest BCUT2D eigenvalue weighted by molar-refractivity contribution is 5.95. The lowest BCUT2D eigenvalue weighted by Gasteiger charge is -2.11. The molecule has 0 heterocycles. The van der Waals surface area contributed by atoms with Gasteiger partial charge in [0.05, 0.1) is 15.4 Å². The van der Waals surface area contributed by atoms with Gasteiger partial charge in [0.1, 0.15) is 0 Å². The second kappa shape index (κ2) is 8.97. The maximum Gasteiger partial charge on any atom is 0.416 e. The third kappa shape index (κ3) is 6.14. The van der Waals surface area contributed by atoms with Crippen LogP contribution in [0.15, 0.2) is 42.5 Å². The van der Waals surface area contributed by atoms with Crippen molar-refractivity contribution in [3.05, 3.63) is 73.8 Å². The number of nitro benzene ring substituents is 2. The van der Waals surface area contributed by atoms with Gasteiger partial charge < -0.3 is 10.7 Å². The Bertz CT molecular complexity index is 918. The Labute approximate surface area is 161 Å². The van der Waals surface area contributed by atoms with E-state index in [2.05, 4.69) is 16.2 Å². The number of carbonyl (C=O) groups is 1. The molecule has 0 atom stereocenters. The standard InChI is InChI=1S/C16H14F3N5O5/c17-16(18,19)11-7-10(8-14(9-11)24(28)29)15(25)20-5-6-21-22-12-1-3-13(4-2-12)23(26)27/h1-4,7-9,21-22H,5-6H2,(H,20,25). The predicted octanol–water partition coefficient (Wildman–Crippen LogP) is 2.87. The number of nitro groups is 2. The number of nitrogens with zero attached hydrogens (tertiary/aromatic N) is 2. The van der Waals surface area contributed by atoms with Crippen LogP contribution in [-0.4, -0.2) is 28.8 Å². The van der Waals surface area contributed by atoms with Crippen LogP contribution in [0.3, 0.4) is 0 Å². The molecule has 0 spiro atoms. The number of carbonyl (C=O) groups excluding carboxylic acids is 1. The highest BCUT2D eigenvalue weighted by Gasteiger charge is 2.33. The van der Waals surface area contributed by atoms with Crippen molar-refractivity contribution in [1.82, 2.24) is 10.7 Å². The molecular formula is C16H14F3N5O5. The molecule has 2 rings (SSSR count). The van der Waals surface area contributed by atoms with E-state index >= 15 is 0 Å². The molecule has 0 radical (unpaired) electrons. The van der Waals surface area contributed by atoms with Crippen LogP contribution in [0, 0.1) is 20.2 Å². The van der Waals surface area contributed by atoms with Crippen LogP contribution in [0.5, 0.6) is 0 Å². The van der Waals surface area contributed by atoms with E-state index in [4.69, 9.17) is 0 Å². The zero-order chi connectivity index (χ0) is 21.6. The zero-order valence-corrected chi connectivity index (χ0v) is 14.5. The molecule has 1 amide bonds. The largest absolute Gasteiger partial charge is 0.416 e. The lowest BCUT2D eigenvalue weighted by Crippen LogP contribution is -2.34. The van der Waals surface area contributed by atoms with E-state index in [1.165, 1.54) is 24.3 Å². The lowest BCUT2D eigenvalue weighted by atomic mass is 10.1. The van der Waals surface area contributed by atoms with Crippen molar-refractivity contribution in [2.24, 2.45) is 0 Å². The first-order chi connectivity index (χ1) is 13.6. The average molecular weight is 413 g/mol. The number of non-ortho nitro benzene ring substituents is 2. The second-order valence-corrected chi connectivity index (χ2v) is 5.64. The summed E-state index contributed by atoms with van der Waals surface area (Å²) in [5, 5.41) is 23.7. The van der Waals surface area contributed by atoms with Gasteiger partial charge in [0.15, 0.2) is 0 Å². The average Bonchev–Trinajstić information content (AvgIpc) is 2.66. The van der Waals surface area contributed by atoms with Gasteiger partial charge in [-0.25, -0.2) is 5.43 Å². The topological polar surface area (TPSA) is 139 Å². The van der Waals surface area contributed by atoms with Gasteiger partial charge in [-0.1, -0.05) is 0 Å². The Kier molecular flexibility index (Phi) is 6.67. The van der Waals surface area contributed by atoms with Gasteiger partial charge in [-0.05, 0) is 18.2 Å². The summed E-state index contributed by atoms with van der Waals surface area (Å²) >= 11 is 0. The van der Waals surface area contributed by atoms with Crippen LogP contribution in [0.25, 0.3) is 0 Å². The van der Waals surface area contributed by atoms with E-state index in [1.807, 2.05) is 0 Å². The van der Waals surface area contributed by atoms with Crippen LogP contribution >= 0.6 is 0 Å². The number of hydrazine groups is 1. The van der Waals surface area contributed by atoms with Crippen LogP contribution in [0.1, 0.15) is 15.9 Å². The zero-order valence-electron chi connectivity index (χ0n) is 14.5. The van der Waals surface area contributed by atoms with Crippen molar-refractivity contribution < 1.29 is 27.8 Å². The van der Waals surface area contributed by atoms with Crippen molar-refractivity contribution >= 4 is 23.0 Å². The monoisotopic (exact) mass is 413 g/mol. The normalized spacial score (nSPS) is 11.0. The Morgan fingerprint density at radius 3 is 2.10 bits per heavy atom. The van der Waals surface area contributed by atoms with Crippen LogP contribution in [0.4, 0.5) is 30.2 Å². The summed E-state index contributed by atoms with van der Waals surface area (Å²) in [5.74, 6) is -0.906. The summed E-state index contributed by atoms with van der Waals surface area (Å²) in [6.07, 6.45) is -4.84. The van der Waals surface area contributed by atoms with E-state index in [0.717, 1.165) is 6.07 Å². The van der Waals surface area contributed by atoms with E-state index in [9.17, 15) is 38.2 Å². The van der Waals surface area contributed by atoms with Gasteiger partial charge in [0.2, 0.25) is 0 Å². The Morgan fingerprint density at radius 2 is 1.55 bits per heavy atom. The summed E-state index contributed by atoms with van der Waals surface area (Å²) in [6, 6.07) is 7.11. The molecule has 29 heavy (non-hydrogen) atoms. The number of benzene rings is 2. The molecule has 2 aromatic rings. The maximum absolute atomic E-state index is 12.8. The third-order valence-corrected chi connectivity index (χ3v) is 3.56. The third-order valence-electron chi connectivity index (χ3n) is 3.56. The smallest absolute Gasteiger partial charge is 0.351 e. The minimum absolute atomic E-state index is 0.0111. The van der Waals surface area contributed by atoms with Crippen molar-refractivity contribution in [2.45, 2.75) is 6.18 Å². The van der Waals surface area contributed by atoms with E-state index < -0.39 is 38.7 Å². The first kappa shape index (κ1) is 21.6. The van der Waals surface area contributed by atoms with Gasteiger partial charge in [0, 0.05) is 48.6 Å². The molecule has 0 unspecified atom stereocenters. The van der Waals surface area contributed by atoms with Gasteiger partial charge >= 0.3 is 6.18 Å². The fourth-order valence-electron chi connectivity index (χ4n) is 2.18. The fraction of sp³-hybridized carbons (Fsp3) is 0.188. The number of amides is 1. The lowest BCUT2D eigenvalue weighted by molar-refractivity contribution is -0.385. The summed E-state index contributed by atoms with van der Waals surface area (Å²) in [5.41, 5.74) is 3.21. The minimum Gasteiger partial charge on any atom is -0.351 e. The van der Waals surface area contributed by atoms with Crippen molar-refractivity contribution in [2.75, 3.05) is 18.5 Å². The molecule has 0 aliphatic rings. The van der Waals surface area contributed by atoms with Crippen molar-refractivity contribution in [3.63, 3.8) is 0 Å². The molecule has 154 valence electrons. The van der Waals surface area contributed by atoms with Crippen LogP contribution in [-0.2, 0) is 6.18 Å². The molecule has 0 aliphatic carbocycles. The SMILES string of the molecule is O=C(NCCNNc1ccc([N+](=O)[O-])cc1)c1cc([N+](=O)[O-])cc(C(F)(F)F)c1. The number of hydrogen-bond donors (Lipinski definition) is 3. The number of hydrogen-bond acceptors (Lipinski definition) is 7. The van der Waals surface area contributed by atoms with E-state index in [-0.39, 0.29) is 18.8 Å². The molecule has 10 nitrogen and oxygen atoms in total. The van der Waals surface area contributed by atoms with Gasteiger partial charge in [0.25, 0.3) is 17.3 Å². The summed E-state index contributed by atoms with van der Waals surface area (Å²) < 4.78 is 38.5. The highest BCUT2D eigenvalue weighted by atomic mass is 19.4. The maximum atomic E-state index is 12.8. The minimum atomic E-state index is -4.84. The Balaban J connectivity index is 1.89. The molecule has 0 bridgehead atoms. The molecule has 13 heteroatoms. The fourth-order valence-corrected chi connectivity index (χ4v) is 2.18. The first-order valence-corrected chi connectivity index (χ1v) is 7.96. The summed E-state index contributed by atoms with van der Waals surface area (Å²) in [6.45, 7) is 0.132. The van der Waals surface area contributed by atoms with Crippen LogP contribution in [0.2, 0.25) is 0 Å². The number of alkyl halides is 3. The first-order valence-electron chi connectivity index (χ1n) is 7.96. The van der Waals surface area contributed by atoms with Gasteiger partial charge in [-0.2, -0.15) is 13.2 Å². The van der Waals surface area contributed by atoms with Gasteiger partial charge in [-0.15, -0.1) is 0 Å². The molecule has 0 saturated carbocycles. The summed E-state index contributed by atoms with van der Waals surface area (Å²) in [7, 11) is 0. The van der Waals surface area contributed by atoms with Crippen molar-refractivity contribution in [1.29, 1.82) is 0 Å². The molecule has 3 N–H and O–H groups in total. The molecule has 2 aromatic carbocycles. The van der Waals surface area contributed by atoms with Crippen molar-refractivity contribution in [3.8, 4) is 0 Å². The molecule has 0 aliphatic heterocycles. The van der Waals surface area contributed by atoms with E-state index in [1.54, 1.807) is 0 Å². The molecule has 0 saturated heterocycles. The number of anilines is 1. The van der Waals surface area contributed by atoms with Gasteiger partial charge in [-0.3, -0.25) is 25.0 Å². The molecule has 0 aromatic heterocycles.